The number of fused-ring (bicyclic) bond motifs is 3. The molecule has 34 heavy (non-hydrogen) atoms. The van der Waals surface area contributed by atoms with Crippen molar-refractivity contribution in [2.75, 3.05) is 26.2 Å². The van der Waals surface area contributed by atoms with Gasteiger partial charge >= 0.3 is 5.97 Å². The topological polar surface area (TPSA) is 60.8 Å². The Kier molecular flexibility index (Phi) is 8.04. The number of hydrogen-bond donors (Lipinski definition) is 0. The van der Waals surface area contributed by atoms with Crippen LogP contribution in [0.4, 0.5) is 4.39 Å². The lowest BCUT2D eigenvalue weighted by molar-refractivity contribution is -0.143. The number of Topliss-reactive ketones (excluding diaryl/α,β-unsaturated/α-hetero) is 1. The molecule has 0 N–H and O–H groups in total. The molecule has 0 bridgehead atoms. The summed E-state index contributed by atoms with van der Waals surface area (Å²) in [5.74, 6) is -0.392. The van der Waals surface area contributed by atoms with Gasteiger partial charge in [-0.1, -0.05) is 6.42 Å². The normalized spacial score (nSPS) is 23.3. The lowest BCUT2D eigenvalue weighted by Crippen LogP contribution is -2.48. The third kappa shape index (κ3) is 5.52. The van der Waals surface area contributed by atoms with Gasteiger partial charge in [0.1, 0.15) is 5.82 Å². The molecule has 1 aliphatic heterocycles. The quantitative estimate of drug-likeness (QED) is 0.389. The molecule has 3 unspecified atom stereocenters. The van der Waals surface area contributed by atoms with Crippen LogP contribution in [0.2, 0.25) is 0 Å². The molecule has 0 saturated carbocycles. The van der Waals surface area contributed by atoms with Crippen LogP contribution in [-0.2, 0) is 27.2 Å². The lowest BCUT2D eigenvalue weighted by atomic mass is 9.84. The summed E-state index contributed by atoms with van der Waals surface area (Å²) >= 11 is 0. The highest BCUT2D eigenvalue weighted by Gasteiger charge is 2.35. The molecular formula is C27H37FN2O4. The first-order valence-corrected chi connectivity index (χ1v) is 12.8. The van der Waals surface area contributed by atoms with E-state index in [-0.39, 0.29) is 35.7 Å². The number of rotatable bonds is 9. The van der Waals surface area contributed by atoms with Crippen molar-refractivity contribution in [3.05, 3.63) is 35.3 Å². The van der Waals surface area contributed by atoms with Gasteiger partial charge in [-0.3, -0.25) is 14.5 Å². The lowest BCUT2D eigenvalue weighted by Gasteiger charge is -2.37. The zero-order chi connectivity index (χ0) is 24.2. The highest BCUT2D eigenvalue weighted by molar-refractivity contribution is 6.11. The Balaban J connectivity index is 1.49. The number of ketones is 1. The minimum atomic E-state index is -0.312. The van der Waals surface area contributed by atoms with Gasteiger partial charge in [0.15, 0.2) is 5.78 Å². The standard InChI is InChI=1S/C27H37FN2O4/c1-4-33-25(31)8-6-5-7-13-30-23-12-10-21(28)14-22(23)26-24(30)11-9-20(27(26)32)17-29-15-18(2)34-19(3)16-29/h10,12,14,18-20H,4-9,11,13,15-17H2,1-3H3. The number of hydrogen-bond acceptors (Lipinski definition) is 5. The summed E-state index contributed by atoms with van der Waals surface area (Å²) in [7, 11) is 0. The number of unbranched alkanes of at least 4 members (excludes halogenated alkanes) is 2. The minimum Gasteiger partial charge on any atom is -0.466 e. The number of nitrogens with zero attached hydrogens (tertiary/aromatic N) is 2. The van der Waals surface area contributed by atoms with Crippen molar-refractivity contribution in [2.24, 2.45) is 5.92 Å². The molecule has 1 aliphatic carbocycles. The predicted molar refractivity (Wildman–Crippen MR) is 130 cm³/mol. The summed E-state index contributed by atoms with van der Waals surface area (Å²) in [5.41, 5.74) is 2.68. The van der Waals surface area contributed by atoms with Crippen LogP contribution >= 0.6 is 0 Å². The molecule has 2 aliphatic rings. The molecule has 1 fully saturated rings. The van der Waals surface area contributed by atoms with Gasteiger partial charge in [0.2, 0.25) is 0 Å². The molecule has 1 saturated heterocycles. The van der Waals surface area contributed by atoms with Crippen molar-refractivity contribution in [2.45, 2.75) is 78.0 Å². The molecule has 1 aromatic heterocycles. The van der Waals surface area contributed by atoms with E-state index in [0.29, 0.717) is 18.6 Å². The van der Waals surface area contributed by atoms with Gasteiger partial charge in [-0.05, 0) is 64.7 Å². The number of benzene rings is 1. The first-order chi connectivity index (χ1) is 16.4. The maximum Gasteiger partial charge on any atom is 0.305 e. The van der Waals surface area contributed by atoms with Crippen LogP contribution in [-0.4, -0.2) is 59.7 Å². The third-order valence-corrected chi connectivity index (χ3v) is 7.02. The number of carbonyl (C=O) groups is 2. The van der Waals surface area contributed by atoms with Crippen LogP contribution in [0.1, 0.15) is 68.9 Å². The van der Waals surface area contributed by atoms with Gasteiger partial charge < -0.3 is 14.0 Å². The van der Waals surface area contributed by atoms with Crippen molar-refractivity contribution in [1.82, 2.24) is 9.47 Å². The molecule has 186 valence electrons. The highest BCUT2D eigenvalue weighted by atomic mass is 19.1. The van der Waals surface area contributed by atoms with Crippen LogP contribution < -0.4 is 0 Å². The Morgan fingerprint density at radius 2 is 1.94 bits per heavy atom. The molecule has 0 radical (unpaired) electrons. The number of ether oxygens (including phenoxy) is 2. The number of aryl methyl sites for hydroxylation is 1. The second kappa shape index (κ2) is 11.0. The Morgan fingerprint density at radius 3 is 2.68 bits per heavy atom. The number of esters is 1. The zero-order valence-corrected chi connectivity index (χ0v) is 20.6. The van der Waals surface area contributed by atoms with Gasteiger partial charge in [0, 0.05) is 60.7 Å². The Morgan fingerprint density at radius 1 is 1.18 bits per heavy atom. The Bertz CT molecular complexity index is 1020. The van der Waals surface area contributed by atoms with Gasteiger partial charge in [0.25, 0.3) is 0 Å². The summed E-state index contributed by atoms with van der Waals surface area (Å²) in [5, 5.41) is 0.736. The van der Waals surface area contributed by atoms with Crippen molar-refractivity contribution in [3.63, 3.8) is 0 Å². The molecular weight excluding hydrogens is 435 g/mol. The van der Waals surface area contributed by atoms with Crippen LogP contribution in [0.3, 0.4) is 0 Å². The Hall–Kier alpha value is -2.25. The van der Waals surface area contributed by atoms with E-state index in [1.54, 1.807) is 6.07 Å². The van der Waals surface area contributed by atoms with E-state index in [1.807, 2.05) is 6.92 Å². The van der Waals surface area contributed by atoms with E-state index in [0.717, 1.165) is 74.9 Å². The van der Waals surface area contributed by atoms with Gasteiger partial charge in [0.05, 0.1) is 18.8 Å². The molecule has 7 heteroatoms. The average Bonchev–Trinajstić information content (AvgIpc) is 3.08. The van der Waals surface area contributed by atoms with E-state index in [1.165, 1.54) is 12.1 Å². The monoisotopic (exact) mass is 472 g/mol. The van der Waals surface area contributed by atoms with Crippen molar-refractivity contribution in [1.29, 1.82) is 0 Å². The fourth-order valence-electron chi connectivity index (χ4n) is 5.68. The van der Waals surface area contributed by atoms with Gasteiger partial charge in [-0.15, -0.1) is 0 Å². The molecule has 4 rings (SSSR count). The van der Waals surface area contributed by atoms with E-state index < -0.39 is 0 Å². The zero-order valence-electron chi connectivity index (χ0n) is 20.6. The second-order valence-electron chi connectivity index (χ2n) is 9.83. The molecule has 3 atom stereocenters. The minimum absolute atomic E-state index is 0.0723. The van der Waals surface area contributed by atoms with Crippen molar-refractivity contribution in [3.8, 4) is 0 Å². The molecule has 2 aromatic rings. The van der Waals surface area contributed by atoms with E-state index in [4.69, 9.17) is 9.47 Å². The van der Waals surface area contributed by atoms with Crippen molar-refractivity contribution < 1.29 is 23.5 Å². The highest BCUT2D eigenvalue weighted by Crippen LogP contribution is 2.36. The first-order valence-electron chi connectivity index (χ1n) is 12.8. The van der Waals surface area contributed by atoms with Crippen LogP contribution in [0.15, 0.2) is 18.2 Å². The molecule has 2 heterocycles. The molecule has 0 spiro atoms. The summed E-state index contributed by atoms with van der Waals surface area (Å²) < 4.78 is 27.3. The first kappa shape index (κ1) is 24.9. The Labute approximate surface area is 201 Å². The fourth-order valence-corrected chi connectivity index (χ4v) is 5.68. The summed E-state index contributed by atoms with van der Waals surface area (Å²) in [6.45, 7) is 9.54. The summed E-state index contributed by atoms with van der Waals surface area (Å²) in [6, 6.07) is 4.79. The molecule has 0 amide bonds. The van der Waals surface area contributed by atoms with Crippen LogP contribution in [0, 0.1) is 11.7 Å². The third-order valence-electron chi connectivity index (χ3n) is 7.02. The van der Waals surface area contributed by atoms with Crippen LogP contribution in [0.5, 0.6) is 0 Å². The van der Waals surface area contributed by atoms with Gasteiger partial charge in [-0.2, -0.15) is 0 Å². The van der Waals surface area contributed by atoms with Crippen LogP contribution in [0.25, 0.3) is 10.9 Å². The molecule has 1 aromatic carbocycles. The maximum atomic E-state index is 14.2. The number of halogens is 1. The predicted octanol–water partition coefficient (Wildman–Crippen LogP) is 4.76. The number of morpholine rings is 1. The van der Waals surface area contributed by atoms with E-state index >= 15 is 0 Å². The molecule has 6 nitrogen and oxygen atoms in total. The number of aromatic nitrogens is 1. The largest absolute Gasteiger partial charge is 0.466 e. The smallest absolute Gasteiger partial charge is 0.305 e. The maximum absolute atomic E-state index is 14.2. The van der Waals surface area contributed by atoms with Gasteiger partial charge in [-0.25, -0.2) is 4.39 Å². The summed E-state index contributed by atoms with van der Waals surface area (Å²) in [4.78, 5) is 27.6. The second-order valence-corrected chi connectivity index (χ2v) is 9.83. The number of carbonyl (C=O) groups excluding carboxylic acids is 2. The average molecular weight is 473 g/mol. The van der Waals surface area contributed by atoms with E-state index in [9.17, 15) is 14.0 Å². The van der Waals surface area contributed by atoms with E-state index in [2.05, 4.69) is 23.3 Å². The fraction of sp³-hybridized carbons (Fsp3) is 0.630. The summed E-state index contributed by atoms with van der Waals surface area (Å²) in [6.07, 6.45) is 4.98. The SMILES string of the molecule is CCOC(=O)CCCCCn1c2c(c3cc(F)ccc31)C(=O)C(CN1CC(C)OC(C)C1)CC2. The van der Waals surface area contributed by atoms with Crippen molar-refractivity contribution >= 4 is 22.7 Å².